The van der Waals surface area contributed by atoms with Gasteiger partial charge in [-0.05, 0) is 19.1 Å². The summed E-state index contributed by atoms with van der Waals surface area (Å²) in [5.41, 5.74) is 2.28. The Hall–Kier alpha value is -2.83. The minimum Gasteiger partial charge on any atom is -0.497 e. The van der Waals surface area contributed by atoms with Crippen LogP contribution in [-0.2, 0) is 4.74 Å². The maximum atomic E-state index is 11.3. The number of fused-ring (bicyclic) bond motifs is 3. The molecular formula is C14H13N3O4. The Morgan fingerprint density at radius 1 is 1.33 bits per heavy atom. The number of carbonyl (C=O) groups is 1. The molecule has 108 valence electrons. The molecule has 7 nitrogen and oxygen atoms in total. The van der Waals surface area contributed by atoms with Crippen LogP contribution in [0, 0.1) is 0 Å². The van der Waals surface area contributed by atoms with Crippen molar-refractivity contribution in [3.8, 4) is 11.8 Å². The molecule has 0 aliphatic heterocycles. The number of rotatable bonds is 3. The van der Waals surface area contributed by atoms with E-state index in [-0.39, 0.29) is 12.6 Å². The first kappa shape index (κ1) is 13.2. The lowest BCUT2D eigenvalue weighted by molar-refractivity contribution is 0.101. The third kappa shape index (κ3) is 2.45. The van der Waals surface area contributed by atoms with Crippen LogP contribution in [-0.4, -0.2) is 34.8 Å². The molecule has 0 fully saturated rings. The largest absolute Gasteiger partial charge is 0.516 e. The number of nitrogens with zero attached hydrogens (tertiary/aromatic N) is 2. The highest BCUT2D eigenvalue weighted by Crippen LogP contribution is 2.27. The molecule has 3 aromatic rings. The quantitative estimate of drug-likeness (QED) is 0.745. The Labute approximate surface area is 119 Å². The van der Waals surface area contributed by atoms with Crippen molar-refractivity contribution in [1.29, 1.82) is 0 Å². The molecule has 0 bridgehead atoms. The molecule has 0 radical (unpaired) electrons. The van der Waals surface area contributed by atoms with Crippen molar-refractivity contribution >= 4 is 28.1 Å². The molecule has 0 saturated heterocycles. The molecule has 0 aliphatic rings. The number of carbonyl (C=O) groups excluding carboxylic acids is 1. The summed E-state index contributed by atoms with van der Waals surface area (Å²) in [6.45, 7) is 1.92. The van der Waals surface area contributed by atoms with Gasteiger partial charge in [-0.2, -0.15) is 4.98 Å². The van der Waals surface area contributed by atoms with Gasteiger partial charge in [-0.1, -0.05) is 0 Å². The molecule has 2 heterocycles. The van der Waals surface area contributed by atoms with E-state index in [0.29, 0.717) is 5.52 Å². The van der Waals surface area contributed by atoms with Crippen LogP contribution in [0.3, 0.4) is 0 Å². The molecule has 0 atom stereocenters. The van der Waals surface area contributed by atoms with E-state index in [9.17, 15) is 4.79 Å². The van der Waals surface area contributed by atoms with E-state index in [1.807, 2.05) is 18.2 Å². The monoisotopic (exact) mass is 287 g/mol. The number of hydrogen-bond donors (Lipinski definition) is 1. The molecule has 7 heteroatoms. The fourth-order valence-corrected chi connectivity index (χ4v) is 2.04. The van der Waals surface area contributed by atoms with Gasteiger partial charge in [-0.15, -0.1) is 0 Å². The van der Waals surface area contributed by atoms with Gasteiger partial charge < -0.3 is 19.2 Å². The van der Waals surface area contributed by atoms with Gasteiger partial charge in [0.25, 0.3) is 0 Å². The molecule has 0 unspecified atom stereocenters. The van der Waals surface area contributed by atoms with Crippen LogP contribution in [0.2, 0.25) is 0 Å². The van der Waals surface area contributed by atoms with Crippen LogP contribution in [0.4, 0.5) is 4.79 Å². The van der Waals surface area contributed by atoms with Crippen LogP contribution in [0.1, 0.15) is 6.92 Å². The number of nitrogens with one attached hydrogen (secondary N) is 1. The van der Waals surface area contributed by atoms with E-state index >= 15 is 0 Å². The third-order valence-corrected chi connectivity index (χ3v) is 2.95. The van der Waals surface area contributed by atoms with Crippen LogP contribution < -0.4 is 9.47 Å². The molecule has 0 spiro atoms. The van der Waals surface area contributed by atoms with Crippen LogP contribution in [0.5, 0.6) is 11.8 Å². The predicted octanol–water partition coefficient (Wildman–Crippen LogP) is 2.66. The van der Waals surface area contributed by atoms with Gasteiger partial charge in [0.05, 0.1) is 30.9 Å². The minimum atomic E-state index is -0.821. The number of aromatic nitrogens is 3. The topological polar surface area (TPSA) is 86.3 Å². The average Bonchev–Trinajstić information content (AvgIpc) is 2.84. The van der Waals surface area contributed by atoms with E-state index in [1.54, 1.807) is 20.2 Å². The molecule has 0 aliphatic carbocycles. The lowest BCUT2D eigenvalue weighted by atomic mass is 10.2. The van der Waals surface area contributed by atoms with Gasteiger partial charge >= 0.3 is 12.2 Å². The number of hydrogen-bond acceptors (Lipinski definition) is 6. The minimum absolute atomic E-state index is 0.0438. The zero-order chi connectivity index (χ0) is 14.8. The molecule has 0 amide bonds. The smallest absolute Gasteiger partial charge is 0.497 e. The molecule has 0 saturated carbocycles. The van der Waals surface area contributed by atoms with Crippen LogP contribution in [0.25, 0.3) is 21.9 Å². The first-order chi connectivity index (χ1) is 10.2. The van der Waals surface area contributed by atoms with Crippen LogP contribution in [0.15, 0.2) is 24.4 Å². The Kier molecular flexibility index (Phi) is 3.31. The summed E-state index contributed by atoms with van der Waals surface area (Å²) in [7, 11) is 1.61. The van der Waals surface area contributed by atoms with Gasteiger partial charge in [0.1, 0.15) is 11.3 Å². The van der Waals surface area contributed by atoms with Crippen molar-refractivity contribution in [1.82, 2.24) is 15.0 Å². The van der Waals surface area contributed by atoms with E-state index in [1.165, 1.54) is 0 Å². The van der Waals surface area contributed by atoms with Crippen molar-refractivity contribution in [3.63, 3.8) is 0 Å². The van der Waals surface area contributed by atoms with Crippen molar-refractivity contribution in [2.24, 2.45) is 0 Å². The second-order valence-electron chi connectivity index (χ2n) is 4.24. The molecule has 2 aromatic heterocycles. The Morgan fingerprint density at radius 2 is 2.19 bits per heavy atom. The highest BCUT2D eigenvalue weighted by Gasteiger charge is 2.12. The van der Waals surface area contributed by atoms with Gasteiger partial charge in [-0.3, -0.25) is 0 Å². The van der Waals surface area contributed by atoms with Crippen molar-refractivity contribution < 1.29 is 19.0 Å². The molecule has 3 rings (SSSR count). The summed E-state index contributed by atoms with van der Waals surface area (Å²) < 4.78 is 14.8. The first-order valence-corrected chi connectivity index (χ1v) is 6.38. The third-order valence-electron chi connectivity index (χ3n) is 2.95. The predicted molar refractivity (Wildman–Crippen MR) is 75.6 cm³/mol. The Morgan fingerprint density at radius 3 is 2.95 bits per heavy atom. The summed E-state index contributed by atoms with van der Waals surface area (Å²) in [6.07, 6.45) is 0.738. The molecule has 21 heavy (non-hydrogen) atoms. The lowest BCUT2D eigenvalue weighted by Gasteiger charge is -2.01. The zero-order valence-electron chi connectivity index (χ0n) is 11.5. The second kappa shape index (κ2) is 5.28. The average molecular weight is 287 g/mol. The Bertz CT molecular complexity index is 812. The van der Waals surface area contributed by atoms with Crippen LogP contribution >= 0.6 is 0 Å². The second-order valence-corrected chi connectivity index (χ2v) is 4.24. The van der Waals surface area contributed by atoms with Crippen molar-refractivity contribution in [2.75, 3.05) is 13.7 Å². The fraction of sp³-hybridized carbons (Fsp3) is 0.214. The summed E-state index contributed by atoms with van der Waals surface area (Å²) in [5.74, 6) is 0.741. The highest BCUT2D eigenvalue weighted by atomic mass is 16.7. The van der Waals surface area contributed by atoms with E-state index < -0.39 is 6.16 Å². The van der Waals surface area contributed by atoms with Crippen molar-refractivity contribution in [2.45, 2.75) is 6.92 Å². The van der Waals surface area contributed by atoms with E-state index in [2.05, 4.69) is 15.0 Å². The number of methoxy groups -OCH3 is 1. The SMILES string of the molecule is CCOC(=O)Oc1ncc2[nH]c3cc(OC)ccc3c2n1. The first-order valence-electron chi connectivity index (χ1n) is 6.38. The molecular weight excluding hydrogens is 274 g/mol. The number of benzene rings is 1. The number of H-pyrrole nitrogens is 1. The number of ether oxygens (including phenoxy) is 3. The lowest BCUT2D eigenvalue weighted by Crippen LogP contribution is -2.11. The van der Waals surface area contributed by atoms with Gasteiger partial charge in [0, 0.05) is 11.5 Å². The summed E-state index contributed by atoms with van der Waals surface area (Å²) in [6, 6.07) is 5.54. The molecule has 1 N–H and O–H groups in total. The van der Waals surface area contributed by atoms with Gasteiger partial charge in [0.2, 0.25) is 0 Å². The number of aromatic amines is 1. The van der Waals surface area contributed by atoms with Crippen molar-refractivity contribution in [3.05, 3.63) is 24.4 Å². The summed E-state index contributed by atoms with van der Waals surface area (Å²) >= 11 is 0. The zero-order valence-corrected chi connectivity index (χ0v) is 11.5. The maximum Gasteiger partial charge on any atom is 0.516 e. The fourth-order valence-electron chi connectivity index (χ4n) is 2.04. The Balaban J connectivity index is 2.03. The maximum absolute atomic E-state index is 11.3. The van der Waals surface area contributed by atoms with Gasteiger partial charge in [0.15, 0.2) is 0 Å². The summed E-state index contributed by atoms with van der Waals surface area (Å²) in [5, 5.41) is 0.891. The standard InChI is InChI=1S/C14H13N3O4/c1-3-20-14(18)21-13-15-7-11-12(17-13)9-5-4-8(19-2)6-10(9)16-11/h4-7,16H,3H2,1-2H3. The van der Waals surface area contributed by atoms with Gasteiger partial charge in [-0.25, -0.2) is 9.78 Å². The normalized spacial score (nSPS) is 10.8. The molecule has 1 aromatic carbocycles. The van der Waals surface area contributed by atoms with E-state index in [0.717, 1.165) is 22.2 Å². The highest BCUT2D eigenvalue weighted by molar-refractivity contribution is 6.05. The summed E-state index contributed by atoms with van der Waals surface area (Å²) in [4.78, 5) is 22.7. The van der Waals surface area contributed by atoms with E-state index in [4.69, 9.17) is 14.2 Å².